The average molecular weight is 275 g/mol. The third-order valence-corrected chi connectivity index (χ3v) is 4.13. The fourth-order valence-electron chi connectivity index (χ4n) is 2.15. The molecule has 0 fully saturated rings. The monoisotopic (exact) mass is 275 g/mol. The van der Waals surface area contributed by atoms with E-state index in [0.717, 1.165) is 16.5 Å². The van der Waals surface area contributed by atoms with Gasteiger partial charge in [0.1, 0.15) is 17.4 Å². The number of carbonyl (C=O) groups excluding carboxylic acids is 1. The number of para-hydroxylation sites is 1. The molecule has 0 aliphatic carbocycles. The molecule has 0 radical (unpaired) electrons. The average Bonchev–Trinajstić information content (AvgIpc) is 3.04. The second kappa shape index (κ2) is 5.01. The zero-order valence-corrected chi connectivity index (χ0v) is 11.3. The Kier molecular flexibility index (Phi) is 3.21. The Morgan fingerprint density at radius 3 is 3.21 bits per heavy atom. The number of nitrogens with zero attached hydrogens (tertiary/aromatic N) is 1. The highest BCUT2D eigenvalue weighted by molar-refractivity contribution is 7.09. The van der Waals surface area contributed by atoms with Crippen molar-refractivity contribution in [3.63, 3.8) is 0 Å². The summed E-state index contributed by atoms with van der Waals surface area (Å²) < 4.78 is 10.3. The van der Waals surface area contributed by atoms with Crippen LogP contribution in [0.2, 0.25) is 0 Å². The van der Waals surface area contributed by atoms with E-state index in [1.54, 1.807) is 11.3 Å². The van der Waals surface area contributed by atoms with Crippen molar-refractivity contribution in [2.75, 3.05) is 13.7 Å². The van der Waals surface area contributed by atoms with Crippen LogP contribution in [0.3, 0.4) is 0 Å². The van der Waals surface area contributed by atoms with Crippen LogP contribution in [0.5, 0.6) is 5.75 Å². The standard InChI is InChI=1S/C14H13NO3S/c1-17-13(16)6-9-8-19-14(15-9)11-7-18-12-5-3-2-4-10(11)12/h2-5,8,11H,6-7H2,1H3. The Hall–Kier alpha value is -1.88. The van der Waals surface area contributed by atoms with Crippen LogP contribution in [0.1, 0.15) is 22.2 Å². The fourth-order valence-corrected chi connectivity index (χ4v) is 3.07. The maximum atomic E-state index is 11.2. The molecule has 1 aliphatic rings. The van der Waals surface area contributed by atoms with Crippen LogP contribution < -0.4 is 4.74 Å². The molecule has 0 spiro atoms. The van der Waals surface area contributed by atoms with E-state index in [1.165, 1.54) is 12.7 Å². The molecule has 1 aromatic heterocycles. The number of hydrogen-bond donors (Lipinski definition) is 0. The van der Waals surface area contributed by atoms with Crippen LogP contribution in [-0.4, -0.2) is 24.7 Å². The molecule has 0 N–H and O–H groups in total. The second-order valence-electron chi connectivity index (χ2n) is 4.33. The molecule has 4 nitrogen and oxygen atoms in total. The second-order valence-corrected chi connectivity index (χ2v) is 5.22. The Morgan fingerprint density at radius 1 is 1.53 bits per heavy atom. The lowest BCUT2D eigenvalue weighted by molar-refractivity contribution is -0.139. The number of carbonyl (C=O) groups is 1. The van der Waals surface area contributed by atoms with E-state index < -0.39 is 0 Å². The third kappa shape index (κ3) is 2.33. The lowest BCUT2D eigenvalue weighted by Crippen LogP contribution is -2.06. The molecule has 0 saturated heterocycles. The van der Waals surface area contributed by atoms with Gasteiger partial charge in [0.2, 0.25) is 0 Å². The molecule has 2 heterocycles. The van der Waals surface area contributed by atoms with E-state index in [-0.39, 0.29) is 18.3 Å². The lowest BCUT2D eigenvalue weighted by Gasteiger charge is -2.03. The van der Waals surface area contributed by atoms with Gasteiger partial charge in [-0.25, -0.2) is 4.98 Å². The maximum absolute atomic E-state index is 11.2. The number of methoxy groups -OCH3 is 1. The van der Waals surface area contributed by atoms with Crippen molar-refractivity contribution < 1.29 is 14.3 Å². The normalized spacial score (nSPS) is 16.8. The van der Waals surface area contributed by atoms with E-state index in [4.69, 9.17) is 4.74 Å². The van der Waals surface area contributed by atoms with Crippen molar-refractivity contribution in [2.24, 2.45) is 0 Å². The zero-order chi connectivity index (χ0) is 13.2. The summed E-state index contributed by atoms with van der Waals surface area (Å²) in [4.78, 5) is 15.7. The van der Waals surface area contributed by atoms with E-state index in [0.29, 0.717) is 6.61 Å². The van der Waals surface area contributed by atoms with Gasteiger partial charge in [-0.1, -0.05) is 18.2 Å². The number of thiazole rings is 1. The van der Waals surface area contributed by atoms with Crippen molar-refractivity contribution in [3.8, 4) is 5.75 Å². The van der Waals surface area contributed by atoms with Crippen LogP contribution in [0.15, 0.2) is 29.6 Å². The molecule has 3 rings (SSSR count). The van der Waals surface area contributed by atoms with Gasteiger partial charge in [-0.15, -0.1) is 11.3 Å². The topological polar surface area (TPSA) is 48.4 Å². The molecule has 0 amide bonds. The zero-order valence-electron chi connectivity index (χ0n) is 10.5. The number of esters is 1. The first kappa shape index (κ1) is 12.2. The van der Waals surface area contributed by atoms with Crippen molar-refractivity contribution in [3.05, 3.63) is 45.9 Å². The highest BCUT2D eigenvalue weighted by Gasteiger charge is 2.27. The summed E-state index contributed by atoms with van der Waals surface area (Å²) in [5.74, 6) is 0.838. The predicted molar refractivity (Wildman–Crippen MR) is 71.6 cm³/mol. The minimum Gasteiger partial charge on any atom is -0.492 e. The van der Waals surface area contributed by atoms with Gasteiger partial charge in [-0.2, -0.15) is 0 Å². The number of rotatable bonds is 3. The highest BCUT2D eigenvalue weighted by atomic mass is 32.1. The molecule has 98 valence electrons. The first-order valence-electron chi connectivity index (χ1n) is 6.01. The Labute approximate surface area is 115 Å². The molecule has 1 aliphatic heterocycles. The summed E-state index contributed by atoms with van der Waals surface area (Å²) in [5, 5.41) is 2.90. The molecule has 5 heteroatoms. The van der Waals surface area contributed by atoms with Gasteiger partial charge in [0, 0.05) is 10.9 Å². The van der Waals surface area contributed by atoms with Gasteiger partial charge >= 0.3 is 5.97 Å². The van der Waals surface area contributed by atoms with Crippen molar-refractivity contribution >= 4 is 17.3 Å². The maximum Gasteiger partial charge on any atom is 0.311 e. The Morgan fingerprint density at radius 2 is 2.37 bits per heavy atom. The molecule has 0 bridgehead atoms. The molecule has 0 saturated carbocycles. The van der Waals surface area contributed by atoms with E-state index in [1.807, 2.05) is 23.6 Å². The molecule has 19 heavy (non-hydrogen) atoms. The van der Waals surface area contributed by atoms with Crippen molar-refractivity contribution in [1.29, 1.82) is 0 Å². The molecule has 2 aromatic rings. The summed E-state index contributed by atoms with van der Waals surface area (Å²) in [6.07, 6.45) is 0.224. The number of aromatic nitrogens is 1. The summed E-state index contributed by atoms with van der Waals surface area (Å²) in [5.41, 5.74) is 1.93. The Balaban J connectivity index is 1.83. The minimum absolute atomic E-state index is 0.174. The van der Waals surface area contributed by atoms with Gasteiger partial charge in [0.25, 0.3) is 0 Å². The quantitative estimate of drug-likeness (QED) is 0.807. The smallest absolute Gasteiger partial charge is 0.311 e. The van der Waals surface area contributed by atoms with Gasteiger partial charge in [-0.05, 0) is 6.07 Å². The first-order chi connectivity index (χ1) is 9.28. The van der Waals surface area contributed by atoms with Crippen LogP contribution in [0.4, 0.5) is 0 Å². The molecular weight excluding hydrogens is 262 g/mol. The summed E-state index contributed by atoms with van der Waals surface area (Å²) >= 11 is 1.56. The SMILES string of the molecule is COC(=O)Cc1csc(C2COc3ccccc32)n1. The van der Waals surface area contributed by atoms with Gasteiger partial charge in [0.05, 0.1) is 25.1 Å². The summed E-state index contributed by atoms with van der Waals surface area (Å²) in [6.45, 7) is 0.616. The number of ether oxygens (including phenoxy) is 2. The number of benzene rings is 1. The van der Waals surface area contributed by atoms with E-state index in [2.05, 4.69) is 15.8 Å². The van der Waals surface area contributed by atoms with Gasteiger partial charge in [-0.3, -0.25) is 4.79 Å². The van der Waals surface area contributed by atoms with Crippen LogP contribution >= 0.6 is 11.3 Å². The van der Waals surface area contributed by atoms with Gasteiger partial charge in [0.15, 0.2) is 0 Å². The molecular formula is C14H13NO3S. The number of hydrogen-bond acceptors (Lipinski definition) is 5. The highest BCUT2D eigenvalue weighted by Crippen LogP contribution is 2.38. The minimum atomic E-state index is -0.264. The predicted octanol–water partition coefficient (Wildman–Crippen LogP) is 2.38. The van der Waals surface area contributed by atoms with Gasteiger partial charge < -0.3 is 9.47 Å². The van der Waals surface area contributed by atoms with Crippen LogP contribution in [0, 0.1) is 0 Å². The van der Waals surface area contributed by atoms with E-state index in [9.17, 15) is 4.79 Å². The summed E-state index contributed by atoms with van der Waals surface area (Å²) in [6, 6.07) is 8.00. The van der Waals surface area contributed by atoms with Crippen LogP contribution in [-0.2, 0) is 16.0 Å². The lowest BCUT2D eigenvalue weighted by atomic mass is 10.0. The van der Waals surface area contributed by atoms with Crippen molar-refractivity contribution in [1.82, 2.24) is 4.98 Å². The molecule has 1 unspecified atom stereocenters. The largest absolute Gasteiger partial charge is 0.492 e. The molecule has 1 aromatic carbocycles. The third-order valence-electron chi connectivity index (χ3n) is 3.12. The van der Waals surface area contributed by atoms with Crippen molar-refractivity contribution in [2.45, 2.75) is 12.3 Å². The first-order valence-corrected chi connectivity index (χ1v) is 6.88. The fraction of sp³-hybridized carbons (Fsp3) is 0.286. The number of fused-ring (bicyclic) bond motifs is 1. The Bertz CT molecular complexity index is 608. The summed E-state index contributed by atoms with van der Waals surface area (Å²) in [7, 11) is 1.39. The van der Waals surface area contributed by atoms with Crippen LogP contribution in [0.25, 0.3) is 0 Å². The molecule has 1 atom stereocenters. The van der Waals surface area contributed by atoms with E-state index >= 15 is 0 Å².